The number of benzene rings is 2. The van der Waals surface area contributed by atoms with E-state index in [1.54, 1.807) is 0 Å². The normalized spacial score (nSPS) is 13.7. The highest BCUT2D eigenvalue weighted by Gasteiger charge is 2.09. The summed E-state index contributed by atoms with van der Waals surface area (Å²) < 4.78 is 10.6. The summed E-state index contributed by atoms with van der Waals surface area (Å²) in [5.74, 6) is 2.13. The second kappa shape index (κ2) is 11.1. The van der Waals surface area contributed by atoms with Crippen molar-refractivity contribution in [3.8, 4) is 11.5 Å². The van der Waals surface area contributed by atoms with Crippen LogP contribution in [0.15, 0.2) is 48.5 Å². The Morgan fingerprint density at radius 2 is 0.821 bits per heavy atom. The van der Waals surface area contributed by atoms with Crippen molar-refractivity contribution in [1.29, 1.82) is 0 Å². The Balaban J connectivity index is 0.000000196. The van der Waals surface area contributed by atoms with E-state index in [1.165, 1.54) is 11.1 Å². The van der Waals surface area contributed by atoms with Crippen LogP contribution in [0.25, 0.3) is 0 Å². The first kappa shape index (κ1) is 24.1. The van der Waals surface area contributed by atoms with Gasteiger partial charge in [0.2, 0.25) is 0 Å². The van der Waals surface area contributed by atoms with E-state index in [4.69, 9.17) is 9.47 Å². The Bertz CT molecular complexity index is 571. The fraction of sp³-hybridized carbons (Fsp3) is 0.538. The second-order valence-corrected chi connectivity index (χ2v) is 10.4. The molecule has 2 aromatic carbocycles. The van der Waals surface area contributed by atoms with Crippen LogP contribution in [0.1, 0.15) is 66.5 Å². The first-order valence-electron chi connectivity index (χ1n) is 10.3. The maximum Gasteiger partial charge on any atom is 0.122 e. The fourth-order valence-electron chi connectivity index (χ4n) is 2.24. The van der Waals surface area contributed by atoms with Gasteiger partial charge < -0.3 is 9.47 Å². The molecule has 4 rings (SSSR count). The van der Waals surface area contributed by atoms with Gasteiger partial charge in [0, 0.05) is 12.8 Å². The maximum absolute atomic E-state index is 5.30. The van der Waals surface area contributed by atoms with Gasteiger partial charge in [-0.1, -0.05) is 91.8 Å². The largest absolute Gasteiger partial charge is 0.493 e. The third-order valence-electron chi connectivity index (χ3n) is 3.20. The Kier molecular flexibility index (Phi) is 9.58. The SMILES string of the molecule is CC(C)(C)C.CC(C)(C)C.c1ccc2c(c1)CCO2.c1ccc2c(c1)CCO2. The highest BCUT2D eigenvalue weighted by molar-refractivity contribution is 5.36. The van der Waals surface area contributed by atoms with Gasteiger partial charge in [-0.2, -0.15) is 0 Å². The summed E-state index contributed by atoms with van der Waals surface area (Å²) in [6, 6.07) is 16.4. The summed E-state index contributed by atoms with van der Waals surface area (Å²) in [5.41, 5.74) is 3.69. The lowest BCUT2D eigenvalue weighted by molar-refractivity contribution is 0.356. The Morgan fingerprint density at radius 3 is 1.11 bits per heavy atom. The van der Waals surface area contributed by atoms with Crippen molar-refractivity contribution in [3.05, 3.63) is 59.7 Å². The molecule has 2 aliphatic rings. The van der Waals surface area contributed by atoms with Gasteiger partial charge in [-0.25, -0.2) is 0 Å². The lowest BCUT2D eigenvalue weighted by atomic mass is 10.0. The zero-order chi connectivity index (χ0) is 21.2. The number of ether oxygens (including phenoxy) is 2. The molecule has 0 radical (unpaired) electrons. The summed E-state index contributed by atoms with van der Waals surface area (Å²) in [6.45, 7) is 19.2. The van der Waals surface area contributed by atoms with Crippen LogP contribution in [-0.2, 0) is 12.8 Å². The van der Waals surface area contributed by atoms with Crippen LogP contribution in [0.2, 0.25) is 0 Å². The molecule has 2 nitrogen and oxygen atoms in total. The summed E-state index contributed by atoms with van der Waals surface area (Å²) in [6.07, 6.45) is 2.16. The van der Waals surface area contributed by atoms with E-state index < -0.39 is 0 Å². The quantitative estimate of drug-likeness (QED) is 0.473. The van der Waals surface area contributed by atoms with E-state index >= 15 is 0 Å². The van der Waals surface area contributed by atoms with Gasteiger partial charge in [-0.15, -0.1) is 0 Å². The molecule has 2 heteroatoms. The third kappa shape index (κ3) is 12.4. The molecule has 0 aromatic heterocycles. The molecule has 28 heavy (non-hydrogen) atoms. The van der Waals surface area contributed by atoms with E-state index in [2.05, 4.69) is 67.5 Å². The van der Waals surface area contributed by atoms with Crippen LogP contribution in [0, 0.1) is 10.8 Å². The highest BCUT2D eigenvalue weighted by atomic mass is 16.5. The average Bonchev–Trinajstić information content (AvgIpc) is 3.21. The molecule has 0 unspecified atom stereocenters. The van der Waals surface area contributed by atoms with Crippen LogP contribution >= 0.6 is 0 Å². The fourth-order valence-corrected chi connectivity index (χ4v) is 2.24. The minimum Gasteiger partial charge on any atom is -0.493 e. The summed E-state index contributed by atoms with van der Waals surface area (Å²) in [5, 5.41) is 0. The van der Waals surface area contributed by atoms with E-state index in [0.717, 1.165) is 37.6 Å². The second-order valence-electron chi connectivity index (χ2n) is 10.4. The van der Waals surface area contributed by atoms with E-state index in [9.17, 15) is 0 Å². The summed E-state index contributed by atoms with van der Waals surface area (Å²) in [7, 11) is 0. The molecule has 0 amide bonds. The van der Waals surface area contributed by atoms with Crippen LogP contribution in [0.3, 0.4) is 0 Å². The van der Waals surface area contributed by atoms with E-state index in [0.29, 0.717) is 10.8 Å². The molecular weight excluding hydrogens is 344 g/mol. The van der Waals surface area contributed by atoms with Crippen LogP contribution in [0.5, 0.6) is 11.5 Å². The monoisotopic (exact) mass is 384 g/mol. The predicted octanol–water partition coefficient (Wildman–Crippen LogP) is 7.35. The maximum atomic E-state index is 5.30. The molecule has 0 spiro atoms. The van der Waals surface area contributed by atoms with E-state index in [-0.39, 0.29) is 0 Å². The molecule has 2 aliphatic heterocycles. The third-order valence-corrected chi connectivity index (χ3v) is 3.20. The molecule has 0 N–H and O–H groups in total. The molecule has 0 fully saturated rings. The molecule has 0 aliphatic carbocycles. The molecule has 0 saturated carbocycles. The van der Waals surface area contributed by atoms with Crippen molar-refractivity contribution in [1.82, 2.24) is 0 Å². The van der Waals surface area contributed by atoms with Gasteiger partial charge in [-0.05, 0) is 34.1 Å². The Hall–Kier alpha value is -1.96. The number of fused-ring (bicyclic) bond motifs is 2. The Labute approximate surface area is 173 Å². The van der Waals surface area contributed by atoms with Crippen molar-refractivity contribution < 1.29 is 9.47 Å². The molecule has 0 bridgehead atoms. The van der Waals surface area contributed by atoms with Crippen LogP contribution < -0.4 is 9.47 Å². The zero-order valence-electron chi connectivity index (χ0n) is 19.3. The minimum absolute atomic E-state index is 0.500. The van der Waals surface area contributed by atoms with Gasteiger partial charge >= 0.3 is 0 Å². The number of rotatable bonds is 0. The average molecular weight is 385 g/mol. The van der Waals surface area contributed by atoms with Gasteiger partial charge in [0.05, 0.1) is 13.2 Å². The standard InChI is InChI=1S/2C8H8O.2C5H12/c2*1-2-4-8-7(3-1)5-6-9-8;2*1-5(2,3)4/h2*1-4H,5-6H2;2*1-4H3. The predicted molar refractivity (Wildman–Crippen MR) is 122 cm³/mol. The van der Waals surface area contributed by atoms with Gasteiger partial charge in [0.25, 0.3) is 0 Å². The van der Waals surface area contributed by atoms with Gasteiger partial charge in [-0.3, -0.25) is 0 Å². The first-order valence-corrected chi connectivity index (χ1v) is 10.3. The van der Waals surface area contributed by atoms with Gasteiger partial charge in [0.15, 0.2) is 0 Å². The first-order chi connectivity index (χ1) is 12.9. The lowest BCUT2D eigenvalue weighted by Crippen LogP contribution is -1.93. The van der Waals surface area contributed by atoms with Crippen LogP contribution in [0.4, 0.5) is 0 Å². The van der Waals surface area contributed by atoms with Crippen molar-refractivity contribution in [3.63, 3.8) is 0 Å². The summed E-state index contributed by atoms with van der Waals surface area (Å²) >= 11 is 0. The molecule has 2 heterocycles. The van der Waals surface area contributed by atoms with Crippen molar-refractivity contribution in [2.45, 2.75) is 68.2 Å². The highest BCUT2D eigenvalue weighted by Crippen LogP contribution is 2.24. The smallest absolute Gasteiger partial charge is 0.122 e. The number of para-hydroxylation sites is 2. The molecule has 156 valence electrons. The molecule has 2 aromatic rings. The van der Waals surface area contributed by atoms with Crippen molar-refractivity contribution >= 4 is 0 Å². The minimum atomic E-state index is 0.500. The summed E-state index contributed by atoms with van der Waals surface area (Å²) in [4.78, 5) is 0. The van der Waals surface area contributed by atoms with Crippen LogP contribution in [-0.4, -0.2) is 13.2 Å². The molecule has 0 atom stereocenters. The Morgan fingerprint density at radius 1 is 0.536 bits per heavy atom. The van der Waals surface area contributed by atoms with E-state index in [1.807, 2.05) is 36.4 Å². The van der Waals surface area contributed by atoms with Crippen molar-refractivity contribution in [2.75, 3.05) is 13.2 Å². The lowest BCUT2D eigenvalue weighted by Gasteiger charge is -2.05. The number of hydrogen-bond donors (Lipinski definition) is 0. The number of hydrogen-bond acceptors (Lipinski definition) is 2. The molecule has 0 saturated heterocycles. The van der Waals surface area contributed by atoms with Crippen molar-refractivity contribution in [2.24, 2.45) is 10.8 Å². The van der Waals surface area contributed by atoms with Gasteiger partial charge in [0.1, 0.15) is 11.5 Å². The molecular formula is C26H40O2. The topological polar surface area (TPSA) is 18.5 Å². The zero-order valence-corrected chi connectivity index (χ0v) is 19.3.